The van der Waals surface area contributed by atoms with Crippen LogP contribution in [0.15, 0.2) is 24.3 Å². The van der Waals surface area contributed by atoms with E-state index in [0.717, 1.165) is 18.4 Å². The molecule has 0 aliphatic carbocycles. The second-order valence-electron chi connectivity index (χ2n) is 7.51. The Morgan fingerprint density at radius 1 is 1.25 bits per heavy atom. The van der Waals surface area contributed by atoms with E-state index in [1.165, 1.54) is 0 Å². The number of carbonyl (C=O) groups excluding carboxylic acids is 1. The van der Waals surface area contributed by atoms with Crippen molar-refractivity contribution in [1.29, 1.82) is 0 Å². The predicted molar refractivity (Wildman–Crippen MR) is 97.9 cm³/mol. The molecule has 0 spiro atoms. The third-order valence-electron chi connectivity index (χ3n) is 5.17. The molecule has 3 rings (SSSR count). The third-order valence-corrected chi connectivity index (χ3v) is 5.17. The lowest BCUT2D eigenvalue weighted by molar-refractivity contribution is 0.00578. The van der Waals surface area contributed by atoms with Gasteiger partial charge in [0.2, 0.25) is 0 Å². The van der Waals surface area contributed by atoms with Crippen LogP contribution in [0.3, 0.4) is 0 Å². The van der Waals surface area contributed by atoms with Crippen LogP contribution in [0.5, 0.6) is 0 Å². The van der Waals surface area contributed by atoms with Crippen molar-refractivity contribution in [3.8, 4) is 0 Å². The molecule has 2 aliphatic heterocycles. The maximum atomic E-state index is 12.6. The van der Waals surface area contributed by atoms with Gasteiger partial charge >= 0.3 is 7.12 Å². The Kier molecular flexibility index (Phi) is 5.35. The van der Waals surface area contributed by atoms with Crippen LogP contribution < -0.4 is 11.2 Å². The van der Waals surface area contributed by atoms with Gasteiger partial charge in [0.25, 0.3) is 5.91 Å². The summed E-state index contributed by atoms with van der Waals surface area (Å²) in [5.41, 5.74) is 6.65. The number of nitrogens with zero attached hydrogens (tertiary/aromatic N) is 1. The molecule has 0 bridgehead atoms. The summed E-state index contributed by atoms with van der Waals surface area (Å²) < 4.78 is 12.1. The number of hydrogen-bond donors (Lipinski definition) is 1. The minimum Gasteiger partial charge on any atom is -0.399 e. The van der Waals surface area contributed by atoms with E-state index in [4.69, 9.17) is 15.0 Å². The number of halogens is 1. The highest BCUT2D eigenvalue weighted by atomic mass is 35.5. The van der Waals surface area contributed by atoms with Gasteiger partial charge in [-0.15, -0.1) is 12.4 Å². The Hall–Kier alpha value is -1.08. The first-order chi connectivity index (χ1) is 10.7. The van der Waals surface area contributed by atoms with Crippen LogP contribution in [0.2, 0.25) is 0 Å². The molecule has 0 unspecified atom stereocenters. The van der Waals surface area contributed by atoms with Crippen molar-refractivity contribution in [2.24, 2.45) is 5.73 Å². The Morgan fingerprint density at radius 2 is 1.88 bits per heavy atom. The van der Waals surface area contributed by atoms with E-state index >= 15 is 0 Å². The zero-order chi connectivity index (χ0) is 16.8. The molecule has 5 nitrogen and oxygen atoms in total. The van der Waals surface area contributed by atoms with Gasteiger partial charge in [0.05, 0.1) is 11.2 Å². The molecule has 1 atom stereocenters. The number of nitrogens with two attached hydrogens (primary N) is 1. The van der Waals surface area contributed by atoms with Crippen molar-refractivity contribution in [3.05, 3.63) is 29.8 Å². The van der Waals surface area contributed by atoms with Gasteiger partial charge in [0, 0.05) is 24.7 Å². The van der Waals surface area contributed by atoms with E-state index in [1.807, 2.05) is 56.9 Å². The van der Waals surface area contributed by atoms with Crippen LogP contribution in [0.25, 0.3) is 0 Å². The van der Waals surface area contributed by atoms with Gasteiger partial charge in [-0.1, -0.05) is 12.1 Å². The van der Waals surface area contributed by atoms with Gasteiger partial charge < -0.3 is 19.9 Å². The normalized spacial score (nSPS) is 24.8. The van der Waals surface area contributed by atoms with Gasteiger partial charge in [-0.3, -0.25) is 4.79 Å². The van der Waals surface area contributed by atoms with Crippen molar-refractivity contribution in [2.75, 3.05) is 13.1 Å². The molecule has 1 amide bonds. The number of likely N-dealkylation sites (tertiary alicyclic amines) is 1. The Bertz CT molecular complexity index is 608. The van der Waals surface area contributed by atoms with Gasteiger partial charge in [-0.25, -0.2) is 0 Å². The minimum absolute atomic E-state index is 0. The Balaban J connectivity index is 0.00000208. The van der Waals surface area contributed by atoms with Crippen LogP contribution in [0.1, 0.15) is 44.5 Å². The molecule has 0 saturated carbocycles. The first kappa shape index (κ1) is 19.3. The Labute approximate surface area is 150 Å². The van der Waals surface area contributed by atoms with Gasteiger partial charge in [0.15, 0.2) is 0 Å². The van der Waals surface area contributed by atoms with E-state index in [0.29, 0.717) is 12.1 Å². The highest BCUT2D eigenvalue weighted by Gasteiger charge is 2.51. The summed E-state index contributed by atoms with van der Waals surface area (Å²) in [7, 11) is -0.450. The average molecular weight is 353 g/mol. The number of amides is 1. The molecule has 0 radical (unpaired) electrons. The maximum Gasteiger partial charge on any atom is 0.494 e. The molecule has 2 saturated heterocycles. The lowest BCUT2D eigenvalue weighted by Crippen LogP contribution is -2.41. The fourth-order valence-electron chi connectivity index (χ4n) is 2.95. The number of carbonyl (C=O) groups is 1. The van der Waals surface area contributed by atoms with Gasteiger partial charge in [-0.2, -0.15) is 0 Å². The highest BCUT2D eigenvalue weighted by Crippen LogP contribution is 2.36. The topological polar surface area (TPSA) is 64.8 Å². The van der Waals surface area contributed by atoms with Crippen molar-refractivity contribution >= 4 is 30.9 Å². The SMILES string of the molecule is CC1(C)OB(c2cccc(C(=O)N3CC[C@@H](N)C3)c2)OC1(C)C.Cl. The molecule has 1 aromatic carbocycles. The van der Waals surface area contributed by atoms with E-state index in [2.05, 4.69) is 0 Å². The van der Waals surface area contributed by atoms with Gasteiger partial charge in [-0.05, 0) is 51.7 Å². The largest absolute Gasteiger partial charge is 0.494 e. The first-order valence-corrected chi connectivity index (χ1v) is 8.20. The lowest BCUT2D eigenvalue weighted by atomic mass is 9.78. The minimum atomic E-state index is -0.450. The first-order valence-electron chi connectivity index (χ1n) is 8.20. The predicted octanol–water partition coefficient (Wildman–Crippen LogP) is 1.58. The number of benzene rings is 1. The van der Waals surface area contributed by atoms with E-state index in [9.17, 15) is 4.79 Å². The molecule has 2 aliphatic rings. The molecule has 0 aromatic heterocycles. The van der Waals surface area contributed by atoms with Crippen LogP contribution in [0, 0.1) is 0 Å². The molecule has 132 valence electrons. The maximum absolute atomic E-state index is 12.6. The molecule has 7 heteroatoms. The molecular weight excluding hydrogens is 326 g/mol. The molecule has 2 fully saturated rings. The zero-order valence-electron chi connectivity index (χ0n) is 14.7. The molecule has 2 N–H and O–H groups in total. The van der Waals surface area contributed by atoms with Crippen LogP contribution in [-0.2, 0) is 9.31 Å². The third kappa shape index (κ3) is 3.47. The van der Waals surface area contributed by atoms with Crippen LogP contribution in [0.4, 0.5) is 0 Å². The van der Waals surface area contributed by atoms with E-state index in [-0.39, 0.29) is 35.6 Å². The number of hydrogen-bond acceptors (Lipinski definition) is 4. The summed E-state index contributed by atoms with van der Waals surface area (Å²) in [5.74, 6) is 0.0244. The standard InChI is InChI=1S/C17H25BN2O3.ClH/c1-16(2)17(3,4)23-18(22-16)13-7-5-6-12(10-13)15(21)20-9-8-14(19)11-20;/h5-7,10,14H,8-9,11,19H2,1-4H3;1H/t14-;/m1./s1. The second kappa shape index (κ2) is 6.67. The van der Waals surface area contributed by atoms with Gasteiger partial charge in [0.1, 0.15) is 0 Å². The molecule has 24 heavy (non-hydrogen) atoms. The fraction of sp³-hybridized carbons (Fsp3) is 0.588. The Morgan fingerprint density at radius 3 is 2.42 bits per heavy atom. The zero-order valence-corrected chi connectivity index (χ0v) is 15.6. The molecule has 1 aromatic rings. The van der Waals surface area contributed by atoms with Crippen LogP contribution >= 0.6 is 12.4 Å². The van der Waals surface area contributed by atoms with Crippen LogP contribution in [-0.4, -0.2) is 48.3 Å². The lowest BCUT2D eigenvalue weighted by Gasteiger charge is -2.32. The summed E-state index contributed by atoms with van der Waals surface area (Å²) in [6.45, 7) is 9.43. The summed E-state index contributed by atoms with van der Waals surface area (Å²) >= 11 is 0. The van der Waals surface area contributed by atoms with E-state index < -0.39 is 7.12 Å². The highest BCUT2D eigenvalue weighted by molar-refractivity contribution is 6.62. The van der Waals surface area contributed by atoms with Crippen molar-refractivity contribution in [1.82, 2.24) is 4.90 Å². The molecular formula is C17H26BClN2O3. The van der Waals surface area contributed by atoms with Crippen molar-refractivity contribution in [3.63, 3.8) is 0 Å². The average Bonchev–Trinajstić information content (AvgIpc) is 3.00. The summed E-state index contributed by atoms with van der Waals surface area (Å²) in [6, 6.07) is 7.61. The smallest absolute Gasteiger partial charge is 0.399 e. The van der Waals surface area contributed by atoms with E-state index in [1.54, 1.807) is 0 Å². The molecule has 2 heterocycles. The summed E-state index contributed by atoms with van der Waals surface area (Å²) in [5, 5.41) is 0. The van der Waals surface area contributed by atoms with Crippen molar-refractivity contribution < 1.29 is 14.1 Å². The fourth-order valence-corrected chi connectivity index (χ4v) is 2.95. The van der Waals surface area contributed by atoms with Crippen molar-refractivity contribution in [2.45, 2.75) is 51.4 Å². The summed E-state index contributed by atoms with van der Waals surface area (Å²) in [6.07, 6.45) is 0.864. The second-order valence-corrected chi connectivity index (χ2v) is 7.51. The summed E-state index contributed by atoms with van der Waals surface area (Å²) in [4.78, 5) is 14.4. The monoisotopic (exact) mass is 352 g/mol. The number of rotatable bonds is 2. The quantitative estimate of drug-likeness (QED) is 0.821.